The van der Waals surface area contributed by atoms with Crippen molar-refractivity contribution in [3.63, 3.8) is 0 Å². The second-order valence-corrected chi connectivity index (χ2v) is 5.43. The predicted octanol–water partition coefficient (Wildman–Crippen LogP) is 3.49. The van der Waals surface area contributed by atoms with Crippen molar-refractivity contribution in [1.29, 1.82) is 0 Å². The molecule has 0 aliphatic carbocycles. The summed E-state index contributed by atoms with van der Waals surface area (Å²) in [7, 11) is 1.62. The maximum absolute atomic E-state index is 13.2. The zero-order valence-electron chi connectivity index (χ0n) is 14.1. The van der Waals surface area contributed by atoms with Crippen LogP contribution in [0.2, 0.25) is 0 Å². The van der Waals surface area contributed by atoms with Crippen molar-refractivity contribution in [2.45, 2.75) is 6.54 Å². The Morgan fingerprint density at radius 3 is 2.54 bits per heavy atom. The van der Waals surface area contributed by atoms with Crippen LogP contribution >= 0.6 is 0 Å². The van der Waals surface area contributed by atoms with Gasteiger partial charge in [-0.05, 0) is 36.4 Å². The highest BCUT2D eigenvalue weighted by atomic mass is 19.1. The molecule has 26 heavy (non-hydrogen) atoms. The van der Waals surface area contributed by atoms with Gasteiger partial charge in [-0.3, -0.25) is 4.79 Å². The van der Waals surface area contributed by atoms with E-state index in [4.69, 9.17) is 4.74 Å². The third-order valence-corrected chi connectivity index (χ3v) is 3.65. The number of aromatic nitrogens is 2. The molecule has 0 saturated carbocycles. The van der Waals surface area contributed by atoms with Crippen LogP contribution in [-0.2, 0) is 6.54 Å². The van der Waals surface area contributed by atoms with E-state index in [1.165, 1.54) is 18.2 Å². The van der Waals surface area contributed by atoms with E-state index < -0.39 is 11.7 Å². The summed E-state index contributed by atoms with van der Waals surface area (Å²) >= 11 is 0. The fourth-order valence-electron chi connectivity index (χ4n) is 2.35. The Hall–Kier alpha value is -3.48. The van der Waals surface area contributed by atoms with E-state index in [1.807, 2.05) is 24.3 Å². The van der Waals surface area contributed by atoms with Gasteiger partial charge in [-0.1, -0.05) is 24.3 Å². The molecule has 1 aromatic heterocycles. The van der Waals surface area contributed by atoms with Crippen LogP contribution in [0.5, 0.6) is 5.75 Å². The van der Waals surface area contributed by atoms with E-state index in [0.717, 1.165) is 17.4 Å². The summed E-state index contributed by atoms with van der Waals surface area (Å²) in [6.07, 6.45) is 0. The van der Waals surface area contributed by atoms with Crippen molar-refractivity contribution < 1.29 is 13.9 Å². The average Bonchev–Trinajstić information content (AvgIpc) is 2.67. The number of rotatable bonds is 6. The second kappa shape index (κ2) is 8.06. The van der Waals surface area contributed by atoms with E-state index in [1.54, 1.807) is 19.2 Å². The molecule has 0 radical (unpaired) electrons. The summed E-state index contributed by atoms with van der Waals surface area (Å²) in [5.74, 6) is 0.696. The van der Waals surface area contributed by atoms with Crippen LogP contribution in [0.25, 0.3) is 0 Å². The minimum atomic E-state index is -0.473. The van der Waals surface area contributed by atoms with E-state index >= 15 is 0 Å². The number of nitrogens with zero attached hydrogens (tertiary/aromatic N) is 2. The largest absolute Gasteiger partial charge is 0.496 e. The van der Waals surface area contributed by atoms with E-state index in [0.29, 0.717) is 12.4 Å². The van der Waals surface area contributed by atoms with E-state index in [9.17, 15) is 9.18 Å². The number of ether oxygens (including phenoxy) is 1. The molecule has 3 rings (SSSR count). The molecular weight excluding hydrogens is 335 g/mol. The Morgan fingerprint density at radius 1 is 1.04 bits per heavy atom. The smallest absolute Gasteiger partial charge is 0.256 e. The highest BCUT2D eigenvalue weighted by molar-refractivity contribution is 6.03. The molecule has 2 aromatic carbocycles. The Labute approximate surface area is 150 Å². The molecule has 0 bridgehead atoms. The second-order valence-electron chi connectivity index (χ2n) is 5.43. The van der Waals surface area contributed by atoms with Crippen molar-refractivity contribution in [2.24, 2.45) is 0 Å². The van der Waals surface area contributed by atoms with Gasteiger partial charge in [-0.2, -0.15) is 0 Å². The first-order valence-corrected chi connectivity index (χ1v) is 7.92. The van der Waals surface area contributed by atoms with Crippen LogP contribution in [0.15, 0.2) is 60.7 Å². The minimum Gasteiger partial charge on any atom is -0.496 e. The lowest BCUT2D eigenvalue weighted by Crippen LogP contribution is -2.14. The van der Waals surface area contributed by atoms with Crippen molar-refractivity contribution in [1.82, 2.24) is 10.2 Å². The van der Waals surface area contributed by atoms with Crippen LogP contribution in [0.1, 0.15) is 15.9 Å². The Balaban J connectivity index is 1.60. The van der Waals surface area contributed by atoms with Crippen molar-refractivity contribution in [3.8, 4) is 5.75 Å². The number of nitrogens with one attached hydrogen (secondary N) is 2. The molecule has 0 atom stereocenters. The highest BCUT2D eigenvalue weighted by Crippen LogP contribution is 2.18. The number of anilines is 2. The van der Waals surface area contributed by atoms with Crippen LogP contribution in [0, 0.1) is 5.82 Å². The van der Waals surface area contributed by atoms with Gasteiger partial charge in [-0.25, -0.2) is 4.39 Å². The first kappa shape index (κ1) is 17.3. The maximum atomic E-state index is 13.2. The normalized spacial score (nSPS) is 10.2. The number of carbonyl (C=O) groups is 1. The van der Waals surface area contributed by atoms with Gasteiger partial charge in [-0.15, -0.1) is 10.2 Å². The SMILES string of the molecule is COc1ccccc1CNc1ccc(NC(=O)c2cccc(F)c2)nn1. The van der Waals surface area contributed by atoms with Crippen LogP contribution in [0.4, 0.5) is 16.0 Å². The first-order chi connectivity index (χ1) is 12.7. The fourth-order valence-corrected chi connectivity index (χ4v) is 2.35. The molecule has 0 fully saturated rings. The van der Waals surface area contributed by atoms with Gasteiger partial charge in [0, 0.05) is 17.7 Å². The van der Waals surface area contributed by atoms with Gasteiger partial charge in [0.05, 0.1) is 7.11 Å². The number of halogens is 1. The minimum absolute atomic E-state index is 0.213. The summed E-state index contributed by atoms with van der Waals surface area (Å²) in [6, 6.07) is 16.4. The number of para-hydroxylation sites is 1. The molecule has 0 aliphatic heterocycles. The first-order valence-electron chi connectivity index (χ1n) is 7.92. The zero-order chi connectivity index (χ0) is 18.4. The molecule has 6 nitrogen and oxygen atoms in total. The molecule has 0 saturated heterocycles. The summed E-state index contributed by atoms with van der Waals surface area (Å²) < 4.78 is 18.5. The number of hydrogen-bond donors (Lipinski definition) is 2. The third-order valence-electron chi connectivity index (χ3n) is 3.65. The number of carbonyl (C=O) groups excluding carboxylic acids is 1. The number of methoxy groups -OCH3 is 1. The molecule has 0 aliphatic rings. The summed E-state index contributed by atoms with van der Waals surface area (Å²) in [5, 5.41) is 13.7. The third kappa shape index (κ3) is 4.32. The quantitative estimate of drug-likeness (QED) is 0.710. The van der Waals surface area contributed by atoms with Gasteiger partial charge >= 0.3 is 0 Å². The van der Waals surface area contributed by atoms with Gasteiger partial charge < -0.3 is 15.4 Å². The Morgan fingerprint density at radius 2 is 1.81 bits per heavy atom. The number of amides is 1. The highest BCUT2D eigenvalue weighted by Gasteiger charge is 2.08. The van der Waals surface area contributed by atoms with Crippen molar-refractivity contribution in [2.75, 3.05) is 17.7 Å². The number of benzene rings is 2. The van der Waals surface area contributed by atoms with Gasteiger partial charge in [0.25, 0.3) is 5.91 Å². The lowest BCUT2D eigenvalue weighted by atomic mass is 10.2. The number of hydrogen-bond acceptors (Lipinski definition) is 5. The molecule has 0 spiro atoms. The van der Waals surface area contributed by atoms with Crippen LogP contribution in [-0.4, -0.2) is 23.2 Å². The van der Waals surface area contributed by atoms with E-state index in [-0.39, 0.29) is 11.4 Å². The molecule has 1 heterocycles. The topological polar surface area (TPSA) is 76.1 Å². The van der Waals surface area contributed by atoms with Gasteiger partial charge in [0.15, 0.2) is 5.82 Å². The Bertz CT molecular complexity index is 900. The molecule has 1 amide bonds. The summed E-state index contributed by atoms with van der Waals surface area (Å²) in [6.45, 7) is 0.522. The molecular formula is C19H17FN4O2. The molecule has 132 valence electrons. The monoisotopic (exact) mass is 352 g/mol. The van der Waals surface area contributed by atoms with Gasteiger partial charge in [0.2, 0.25) is 0 Å². The predicted molar refractivity (Wildman–Crippen MR) is 96.7 cm³/mol. The van der Waals surface area contributed by atoms with Crippen molar-refractivity contribution in [3.05, 3.63) is 77.6 Å². The standard InChI is InChI=1S/C19H17FN4O2/c1-26-16-8-3-2-5-14(16)12-21-17-9-10-18(24-23-17)22-19(25)13-6-4-7-15(20)11-13/h2-11H,12H2,1H3,(H,21,23)(H,22,24,25). The molecule has 2 N–H and O–H groups in total. The Kier molecular flexibility index (Phi) is 5.38. The lowest BCUT2D eigenvalue weighted by Gasteiger charge is -2.10. The molecule has 7 heteroatoms. The van der Waals surface area contributed by atoms with E-state index in [2.05, 4.69) is 20.8 Å². The zero-order valence-corrected chi connectivity index (χ0v) is 14.1. The fraction of sp³-hybridized carbons (Fsp3) is 0.105. The lowest BCUT2D eigenvalue weighted by molar-refractivity contribution is 0.102. The average molecular weight is 352 g/mol. The maximum Gasteiger partial charge on any atom is 0.256 e. The molecule has 0 unspecified atom stereocenters. The summed E-state index contributed by atoms with van der Waals surface area (Å²) in [4.78, 5) is 12.1. The van der Waals surface area contributed by atoms with Gasteiger partial charge in [0.1, 0.15) is 17.4 Å². The van der Waals surface area contributed by atoms with Crippen LogP contribution in [0.3, 0.4) is 0 Å². The van der Waals surface area contributed by atoms with Crippen LogP contribution < -0.4 is 15.4 Å². The molecule has 3 aromatic rings. The summed E-state index contributed by atoms with van der Waals surface area (Å²) in [5.41, 5.74) is 1.20. The van der Waals surface area contributed by atoms with Crippen molar-refractivity contribution >= 4 is 17.5 Å².